The molecule has 0 spiro atoms. The Balaban J connectivity index is 0.000000182. The fourth-order valence-corrected chi connectivity index (χ4v) is 17.6. The summed E-state index contributed by atoms with van der Waals surface area (Å²) in [6.45, 7) is 19.7. The Kier molecular flexibility index (Phi) is 35.2. The number of aliphatic imine (C=N–C) groups is 1. The van der Waals surface area contributed by atoms with Crippen LogP contribution in [-0.4, -0.2) is 109 Å². The average Bonchev–Trinajstić information content (AvgIpc) is 1.63. The molecule has 0 aliphatic carbocycles. The maximum atomic E-state index is 14.1. The summed E-state index contributed by atoms with van der Waals surface area (Å²) in [7, 11) is 0. The van der Waals surface area contributed by atoms with Crippen molar-refractivity contribution >= 4 is 221 Å². The molecule has 3 aliphatic heterocycles. The standard InChI is InChI=1S/C33H28Cl4N6O3.C33H38Cl3N5O4.C31H27Cl3N6O4/c1-4-28(46-23-7-5-6-19(3)14-23)32(44)38-22-12-13-24(35)27(17-22)39-31-29(41-40-21-10-8-18(2)9-11-21)33(45)43(42-31)30-25(36)15-20(34)16-26(30)37;1-5-7-16-45-31(43)23(17-21(3)22-12-9-8-10-13-22)20-33(4,6-2)32(44)38-29-28(40-15-11-14-37-40)30(42)41(39-29)27-25(35)18-24(34)19-26(27)36;1-4-24(44-25-10-9-17(2)13-18(25)3)30(42)36-21-8-5-7-19(14-21)29(41)37-28-27(39-12-6-11-35-39)31(43)40(38-28)26-22(33)15-20(32)16-23(26)34/h5-17,28-29H,4H2,1-3H3,(H,38,44)(H,39,42);8-15,18-19,21,23,28H,5-7,16-17,20H2,1-4H3,(H,38,39,44);5-16,24,27H,4H2,1-3H3,(H,36,42)(H,37,38,41). The second kappa shape index (κ2) is 46.5. The van der Waals surface area contributed by atoms with Crippen molar-refractivity contribution in [2.24, 2.45) is 36.8 Å². The lowest BCUT2D eigenvalue weighted by Gasteiger charge is -2.32. The minimum Gasteiger partial charge on any atom is -0.481 e. The van der Waals surface area contributed by atoms with Gasteiger partial charge in [-0.2, -0.15) is 30.4 Å². The van der Waals surface area contributed by atoms with Gasteiger partial charge in [0.15, 0.2) is 41.8 Å². The molecule has 5 N–H and O–H groups in total. The number of amides is 7. The van der Waals surface area contributed by atoms with Crippen molar-refractivity contribution in [2.75, 3.05) is 32.3 Å². The van der Waals surface area contributed by atoms with E-state index in [1.807, 2.05) is 141 Å². The first-order chi connectivity index (χ1) is 64.5. The van der Waals surface area contributed by atoms with Gasteiger partial charge in [0.1, 0.15) is 28.6 Å². The first kappa shape index (κ1) is 102. The number of carbonyl (C=O) groups is 8. The first-order valence-electron chi connectivity index (χ1n) is 42.8. The van der Waals surface area contributed by atoms with E-state index < -0.39 is 65.3 Å². The zero-order valence-corrected chi connectivity index (χ0v) is 82.1. The van der Waals surface area contributed by atoms with E-state index in [2.05, 4.69) is 69.2 Å². The SMILES string of the molecule is CCC(Oc1ccc(C)cc1C)C(=O)Nc1cccc(C(=O)NC2=NN(c3c(Cl)cc(Cl)cc3Cl)C(=O)C2n2cccn2)c1.CCC(Oc1cccc(C)c1)C(=O)Nc1ccc(Cl)c(N=C2NN(c3c(Cl)cc(Cl)cc3Cl)C(=O)C2N=Nc2ccc(C)cc2)c1.CCCCOC(=O)C(CC(C)c1ccccc1)CC(C)(CC)C(=O)NC1=NN(c2c(Cl)cc(Cl)cc2Cl)C(=O)C1n1cccn1. The summed E-state index contributed by atoms with van der Waals surface area (Å²) >= 11 is 63.3. The summed E-state index contributed by atoms with van der Waals surface area (Å²) in [5.41, 5.74) is 9.37. The number of anilines is 5. The maximum Gasteiger partial charge on any atom is 0.308 e. The molecule has 1 fully saturated rings. The molecule has 8 atom stereocenters. The van der Waals surface area contributed by atoms with E-state index >= 15 is 0 Å². The fourth-order valence-electron chi connectivity index (χ4n) is 14.5. The summed E-state index contributed by atoms with van der Waals surface area (Å²) in [5, 5.41) is 42.2. The van der Waals surface area contributed by atoms with Crippen LogP contribution in [0.1, 0.15) is 143 Å². The van der Waals surface area contributed by atoms with Gasteiger partial charge in [-0.25, -0.2) is 10.0 Å². The highest BCUT2D eigenvalue weighted by Gasteiger charge is 2.47. The number of carbonyl (C=O) groups excluding carboxylic acids is 8. The number of hydrazine groups is 1. The van der Waals surface area contributed by atoms with E-state index in [4.69, 9.17) is 130 Å². The van der Waals surface area contributed by atoms with E-state index in [0.717, 1.165) is 55.7 Å². The van der Waals surface area contributed by atoms with E-state index in [1.165, 1.54) is 64.2 Å². The lowest BCUT2D eigenvalue weighted by Crippen LogP contribution is -2.46. The number of aromatic nitrogens is 4. The predicted molar refractivity (Wildman–Crippen MR) is 533 cm³/mol. The van der Waals surface area contributed by atoms with Crippen LogP contribution < -0.4 is 51.2 Å². The minimum atomic E-state index is -1.20. The molecule has 38 heteroatoms. The molecule has 5 heterocycles. The van der Waals surface area contributed by atoms with Gasteiger partial charge in [-0.1, -0.05) is 248 Å². The lowest BCUT2D eigenvalue weighted by molar-refractivity contribution is -0.151. The van der Waals surface area contributed by atoms with Crippen LogP contribution in [-0.2, 0) is 38.3 Å². The maximum absolute atomic E-state index is 14.1. The normalized spacial score (nSPS) is 16.2. The quantitative estimate of drug-likeness (QED) is 0.0159. The van der Waals surface area contributed by atoms with E-state index in [1.54, 1.807) is 79.1 Å². The number of nitrogens with zero attached hydrogens (tertiary/aromatic N) is 12. The molecule has 702 valence electrons. The Hall–Kier alpha value is -11.9. The highest BCUT2D eigenvalue weighted by molar-refractivity contribution is 6.45. The first-order valence-corrected chi connectivity index (χ1v) is 46.6. The molecule has 7 amide bonds. The highest BCUT2D eigenvalue weighted by atomic mass is 35.5. The highest BCUT2D eigenvalue weighted by Crippen LogP contribution is 2.45. The predicted octanol–water partition coefficient (Wildman–Crippen LogP) is 23.9. The Morgan fingerprint density at radius 2 is 1.07 bits per heavy atom. The molecule has 2 aromatic heterocycles. The number of aryl methyl sites for hydroxylation is 4. The number of nitrogens with one attached hydrogen (secondary N) is 5. The van der Waals surface area contributed by atoms with Crippen molar-refractivity contribution in [3.8, 4) is 11.5 Å². The number of azo groups is 1. The van der Waals surface area contributed by atoms with Gasteiger partial charge in [0.05, 0.1) is 59.1 Å². The topological polar surface area (TPSA) is 332 Å². The summed E-state index contributed by atoms with van der Waals surface area (Å²) in [6.07, 6.45) is 8.40. The average molecular weight is 2030 g/mol. The van der Waals surface area contributed by atoms with Crippen LogP contribution in [0.5, 0.6) is 11.5 Å². The van der Waals surface area contributed by atoms with Crippen LogP contribution in [0, 0.1) is 39.0 Å². The van der Waals surface area contributed by atoms with Crippen LogP contribution in [0.3, 0.4) is 0 Å². The summed E-state index contributed by atoms with van der Waals surface area (Å²) in [4.78, 5) is 113. The Morgan fingerprint density at radius 1 is 0.533 bits per heavy atom. The van der Waals surface area contributed by atoms with Crippen LogP contribution in [0.15, 0.2) is 238 Å². The summed E-state index contributed by atoms with van der Waals surface area (Å²) in [6, 6.07) is 50.3. The number of hydrazone groups is 2. The fraction of sp³-hybridized carbons (Fsp3) is 0.268. The Labute approximate surface area is 829 Å². The van der Waals surface area contributed by atoms with E-state index in [-0.39, 0.29) is 122 Å². The van der Waals surface area contributed by atoms with Gasteiger partial charge in [0, 0.05) is 62.2 Å². The second-order valence-electron chi connectivity index (χ2n) is 32.1. The van der Waals surface area contributed by atoms with Crippen LogP contribution in [0.2, 0.25) is 50.2 Å². The third kappa shape index (κ3) is 25.6. The monoisotopic (exact) mass is 2020 g/mol. The lowest BCUT2D eigenvalue weighted by atomic mass is 9.75. The molecule has 3 aliphatic rings. The molecule has 11 aromatic rings. The molecule has 0 bridgehead atoms. The van der Waals surface area contributed by atoms with Gasteiger partial charge in [-0.3, -0.25) is 53.1 Å². The molecule has 14 rings (SSSR count). The molecule has 8 unspecified atom stereocenters. The molecule has 135 heavy (non-hydrogen) atoms. The van der Waals surface area contributed by atoms with Crippen molar-refractivity contribution in [1.29, 1.82) is 0 Å². The molecule has 9 aromatic carbocycles. The number of benzene rings is 9. The number of halogens is 10. The van der Waals surface area contributed by atoms with Crippen molar-refractivity contribution in [3.05, 3.63) is 296 Å². The number of amidine groups is 3. The van der Waals surface area contributed by atoms with Gasteiger partial charge in [0.25, 0.3) is 35.4 Å². The van der Waals surface area contributed by atoms with E-state index in [0.29, 0.717) is 70.9 Å². The van der Waals surface area contributed by atoms with Gasteiger partial charge in [-0.05, 0) is 204 Å². The molecule has 1 saturated heterocycles. The smallest absolute Gasteiger partial charge is 0.308 e. The third-order valence-electron chi connectivity index (χ3n) is 21.9. The van der Waals surface area contributed by atoms with Crippen LogP contribution >= 0.6 is 116 Å². The number of esters is 1. The van der Waals surface area contributed by atoms with Crippen molar-refractivity contribution in [3.63, 3.8) is 0 Å². The van der Waals surface area contributed by atoms with Crippen molar-refractivity contribution < 1.29 is 52.6 Å². The second-order valence-corrected chi connectivity index (χ2v) is 36.2. The molecule has 0 radical (unpaired) electrons. The van der Waals surface area contributed by atoms with Gasteiger partial charge in [0.2, 0.25) is 11.9 Å². The third-order valence-corrected chi connectivity index (χ3v) is 24.6. The van der Waals surface area contributed by atoms with Gasteiger partial charge >= 0.3 is 5.97 Å². The van der Waals surface area contributed by atoms with E-state index in [9.17, 15) is 38.4 Å². The molecule has 28 nitrogen and oxygen atoms in total. The zero-order chi connectivity index (χ0) is 97.2. The van der Waals surface area contributed by atoms with Crippen molar-refractivity contribution in [1.82, 2.24) is 35.6 Å². The number of hydrogen-bond acceptors (Lipinski definition) is 18. The number of rotatable bonds is 30. The molecular weight excluding hydrogens is 1930 g/mol. The minimum absolute atomic E-state index is 0.00635. The number of hydrogen-bond donors (Lipinski definition) is 5. The number of ether oxygens (including phenoxy) is 3. The van der Waals surface area contributed by atoms with Crippen molar-refractivity contribution in [2.45, 2.75) is 150 Å². The summed E-state index contributed by atoms with van der Waals surface area (Å²) in [5.74, 6) is -2.71. The van der Waals surface area contributed by atoms with Crippen LogP contribution in [0.25, 0.3) is 0 Å². The van der Waals surface area contributed by atoms with Gasteiger partial charge in [-0.15, -0.1) is 10.2 Å². The van der Waals surface area contributed by atoms with Gasteiger partial charge < -0.3 is 35.5 Å². The zero-order valence-electron chi connectivity index (χ0n) is 74.5. The Morgan fingerprint density at radius 3 is 1.60 bits per heavy atom. The summed E-state index contributed by atoms with van der Waals surface area (Å²) < 4.78 is 20.4. The largest absolute Gasteiger partial charge is 0.481 e. The Bertz CT molecular complexity index is 6280. The molecular formula is C97H93Cl10N17O11. The molecule has 0 saturated carbocycles. The van der Waals surface area contributed by atoms with Crippen LogP contribution in [0.4, 0.5) is 39.8 Å². The number of unbranched alkanes of at least 4 members (excludes halogenated alkanes) is 1.